The number of thiocarbonyl (C=S) groups is 1. The number of nitrogens with two attached hydrogens (primary N) is 1. The molecule has 1 unspecified atom stereocenters. The van der Waals surface area contributed by atoms with Crippen LogP contribution in [0.4, 0.5) is 0 Å². The van der Waals surface area contributed by atoms with Gasteiger partial charge in [0.05, 0.1) is 16.6 Å². The van der Waals surface area contributed by atoms with Crippen LogP contribution in [-0.4, -0.2) is 57.9 Å². The van der Waals surface area contributed by atoms with Crippen molar-refractivity contribution in [2.24, 2.45) is 5.73 Å². The molecule has 7 heteroatoms. The van der Waals surface area contributed by atoms with E-state index >= 15 is 0 Å². The molecule has 108 valence electrons. The van der Waals surface area contributed by atoms with Crippen molar-refractivity contribution in [1.29, 1.82) is 0 Å². The lowest BCUT2D eigenvalue weighted by molar-refractivity contribution is 0.0621. The summed E-state index contributed by atoms with van der Waals surface area (Å²) in [6.45, 7) is 4.72. The second-order valence-electron chi connectivity index (χ2n) is 4.85. The van der Waals surface area contributed by atoms with Crippen LogP contribution in [0.5, 0.6) is 0 Å². The SMILES string of the molecule is CC(C(N)=S)N1CCN(C(=O)c2ccc(=O)[nH]c2)CC1. The van der Waals surface area contributed by atoms with E-state index < -0.39 is 0 Å². The Labute approximate surface area is 122 Å². The number of nitrogens with one attached hydrogen (secondary N) is 1. The van der Waals surface area contributed by atoms with Gasteiger partial charge in [-0.3, -0.25) is 14.5 Å². The molecule has 2 heterocycles. The van der Waals surface area contributed by atoms with Gasteiger partial charge in [-0.25, -0.2) is 0 Å². The molecule has 0 saturated carbocycles. The fraction of sp³-hybridized carbons (Fsp3) is 0.462. The summed E-state index contributed by atoms with van der Waals surface area (Å²) in [5.74, 6) is -0.0659. The van der Waals surface area contributed by atoms with E-state index in [1.54, 1.807) is 11.0 Å². The summed E-state index contributed by atoms with van der Waals surface area (Å²) in [6, 6.07) is 2.96. The Morgan fingerprint density at radius 3 is 2.50 bits per heavy atom. The molecule has 1 aliphatic heterocycles. The first-order valence-corrected chi connectivity index (χ1v) is 6.91. The molecular formula is C13H18N4O2S. The molecule has 1 fully saturated rings. The summed E-state index contributed by atoms with van der Waals surface area (Å²) in [5.41, 5.74) is 5.93. The smallest absolute Gasteiger partial charge is 0.255 e. The van der Waals surface area contributed by atoms with E-state index in [9.17, 15) is 9.59 Å². The monoisotopic (exact) mass is 294 g/mol. The lowest BCUT2D eigenvalue weighted by atomic mass is 10.2. The number of H-pyrrole nitrogens is 1. The standard InChI is InChI=1S/C13H18N4O2S/c1-9(12(14)20)16-4-6-17(7-5-16)13(19)10-2-3-11(18)15-8-10/h2-3,8-9H,4-7H2,1H3,(H2,14,20)(H,15,18). The number of hydrogen-bond acceptors (Lipinski definition) is 4. The Morgan fingerprint density at radius 1 is 1.35 bits per heavy atom. The molecule has 1 aromatic rings. The Balaban J connectivity index is 1.97. The Morgan fingerprint density at radius 2 is 2.00 bits per heavy atom. The average Bonchev–Trinajstić information content (AvgIpc) is 2.46. The topological polar surface area (TPSA) is 82.4 Å². The lowest BCUT2D eigenvalue weighted by Crippen LogP contribution is -2.54. The molecule has 6 nitrogen and oxygen atoms in total. The van der Waals surface area contributed by atoms with Crippen LogP contribution in [0.15, 0.2) is 23.1 Å². The second-order valence-corrected chi connectivity index (χ2v) is 5.32. The minimum Gasteiger partial charge on any atom is -0.392 e. The number of pyridine rings is 1. The Kier molecular flexibility index (Phi) is 4.51. The molecule has 0 bridgehead atoms. The maximum absolute atomic E-state index is 12.3. The third-order valence-corrected chi connectivity index (χ3v) is 3.93. The summed E-state index contributed by atoms with van der Waals surface area (Å²) >= 11 is 4.99. The van der Waals surface area contributed by atoms with Crippen LogP contribution in [0.25, 0.3) is 0 Å². The zero-order chi connectivity index (χ0) is 14.7. The van der Waals surface area contributed by atoms with Crippen molar-refractivity contribution in [2.45, 2.75) is 13.0 Å². The predicted molar refractivity (Wildman–Crippen MR) is 80.8 cm³/mol. The number of piperazine rings is 1. The molecule has 20 heavy (non-hydrogen) atoms. The van der Waals surface area contributed by atoms with Gasteiger partial charge in [-0.05, 0) is 13.0 Å². The molecule has 1 aliphatic rings. The van der Waals surface area contributed by atoms with Crippen molar-refractivity contribution < 1.29 is 4.79 Å². The number of hydrogen-bond donors (Lipinski definition) is 2. The van der Waals surface area contributed by atoms with E-state index in [2.05, 4.69) is 9.88 Å². The van der Waals surface area contributed by atoms with Gasteiger partial charge in [0.15, 0.2) is 0 Å². The first kappa shape index (κ1) is 14.7. The van der Waals surface area contributed by atoms with Gasteiger partial charge in [0.1, 0.15) is 0 Å². The maximum atomic E-state index is 12.3. The van der Waals surface area contributed by atoms with E-state index in [4.69, 9.17) is 18.0 Å². The van der Waals surface area contributed by atoms with Gasteiger partial charge in [0.25, 0.3) is 5.91 Å². The Hall–Kier alpha value is -1.73. The normalized spacial score (nSPS) is 17.8. The highest BCUT2D eigenvalue weighted by Gasteiger charge is 2.25. The van der Waals surface area contributed by atoms with Crippen molar-refractivity contribution in [3.05, 3.63) is 34.2 Å². The minimum atomic E-state index is -0.211. The van der Waals surface area contributed by atoms with Gasteiger partial charge in [0.2, 0.25) is 5.56 Å². The minimum absolute atomic E-state index is 0.0512. The number of carbonyl (C=O) groups excluding carboxylic acids is 1. The molecule has 1 amide bonds. The molecule has 1 aromatic heterocycles. The third-order valence-electron chi connectivity index (χ3n) is 3.59. The highest BCUT2D eigenvalue weighted by molar-refractivity contribution is 7.80. The molecule has 1 saturated heterocycles. The number of amides is 1. The van der Waals surface area contributed by atoms with Gasteiger partial charge >= 0.3 is 0 Å². The summed E-state index contributed by atoms with van der Waals surface area (Å²) in [5, 5.41) is 0. The van der Waals surface area contributed by atoms with E-state index in [0.29, 0.717) is 23.6 Å². The van der Waals surface area contributed by atoms with Crippen molar-refractivity contribution >= 4 is 23.1 Å². The number of carbonyl (C=O) groups is 1. The number of rotatable bonds is 3. The van der Waals surface area contributed by atoms with Crippen LogP contribution >= 0.6 is 12.2 Å². The third kappa shape index (κ3) is 3.23. The van der Waals surface area contributed by atoms with Crippen LogP contribution in [-0.2, 0) is 0 Å². The van der Waals surface area contributed by atoms with Gasteiger partial charge in [-0.2, -0.15) is 0 Å². The molecular weight excluding hydrogens is 276 g/mol. The highest BCUT2D eigenvalue weighted by Crippen LogP contribution is 2.10. The van der Waals surface area contributed by atoms with E-state index in [0.717, 1.165) is 13.1 Å². The molecule has 0 radical (unpaired) electrons. The first-order chi connectivity index (χ1) is 9.49. The molecule has 0 aliphatic carbocycles. The maximum Gasteiger partial charge on any atom is 0.255 e. The van der Waals surface area contributed by atoms with Crippen molar-refractivity contribution in [3.63, 3.8) is 0 Å². The average molecular weight is 294 g/mol. The number of nitrogens with zero attached hydrogens (tertiary/aromatic N) is 2. The van der Waals surface area contributed by atoms with Crippen molar-refractivity contribution in [3.8, 4) is 0 Å². The quantitative estimate of drug-likeness (QED) is 0.755. The van der Waals surface area contributed by atoms with Crippen LogP contribution in [0.1, 0.15) is 17.3 Å². The lowest BCUT2D eigenvalue weighted by Gasteiger charge is -2.37. The fourth-order valence-electron chi connectivity index (χ4n) is 2.22. The largest absolute Gasteiger partial charge is 0.392 e. The zero-order valence-electron chi connectivity index (χ0n) is 11.3. The number of aromatic amines is 1. The zero-order valence-corrected chi connectivity index (χ0v) is 12.2. The van der Waals surface area contributed by atoms with E-state index in [1.807, 2.05) is 6.92 Å². The van der Waals surface area contributed by atoms with Gasteiger partial charge in [-0.1, -0.05) is 12.2 Å². The van der Waals surface area contributed by atoms with Crippen molar-refractivity contribution in [2.75, 3.05) is 26.2 Å². The van der Waals surface area contributed by atoms with Crippen LogP contribution in [0.2, 0.25) is 0 Å². The van der Waals surface area contributed by atoms with Gasteiger partial charge in [0, 0.05) is 38.4 Å². The van der Waals surface area contributed by atoms with Crippen LogP contribution in [0, 0.1) is 0 Å². The molecule has 2 rings (SSSR count). The number of aromatic nitrogens is 1. The predicted octanol–water partition coefficient (Wildman–Crippen LogP) is -0.193. The second kappa shape index (κ2) is 6.15. The summed E-state index contributed by atoms with van der Waals surface area (Å²) in [7, 11) is 0. The molecule has 3 N–H and O–H groups in total. The summed E-state index contributed by atoms with van der Waals surface area (Å²) in [6.07, 6.45) is 1.45. The highest BCUT2D eigenvalue weighted by atomic mass is 32.1. The first-order valence-electron chi connectivity index (χ1n) is 6.50. The molecule has 0 spiro atoms. The van der Waals surface area contributed by atoms with E-state index in [1.165, 1.54) is 12.3 Å². The van der Waals surface area contributed by atoms with Gasteiger partial charge < -0.3 is 15.6 Å². The summed E-state index contributed by atoms with van der Waals surface area (Å²) in [4.78, 5) is 30.2. The van der Waals surface area contributed by atoms with Gasteiger partial charge in [-0.15, -0.1) is 0 Å². The van der Waals surface area contributed by atoms with Crippen LogP contribution < -0.4 is 11.3 Å². The Bertz CT molecular complexity index is 543. The van der Waals surface area contributed by atoms with E-state index in [-0.39, 0.29) is 17.5 Å². The molecule has 1 atom stereocenters. The van der Waals surface area contributed by atoms with Crippen molar-refractivity contribution in [1.82, 2.24) is 14.8 Å². The van der Waals surface area contributed by atoms with Crippen LogP contribution in [0.3, 0.4) is 0 Å². The summed E-state index contributed by atoms with van der Waals surface area (Å²) < 4.78 is 0. The molecule has 0 aromatic carbocycles. The fourth-order valence-corrected chi connectivity index (χ4v) is 2.37.